The first-order chi connectivity index (χ1) is 35.2. The topological polar surface area (TPSA) is 212 Å². The molecule has 1 saturated heterocycles. The van der Waals surface area contributed by atoms with Crippen molar-refractivity contribution in [2.45, 2.75) is 122 Å². The summed E-state index contributed by atoms with van der Waals surface area (Å²) in [5.41, 5.74) is 2.47. The fourth-order valence-electron chi connectivity index (χ4n) is 8.23. The number of likely N-dealkylation sites (tertiary alicyclic amines) is 1. The number of halogens is 5. The molecule has 0 bridgehead atoms. The third-order valence-electron chi connectivity index (χ3n) is 12.6. The molecule has 2 fully saturated rings. The van der Waals surface area contributed by atoms with Crippen LogP contribution in [0, 0.1) is 33.4 Å². The SMILES string of the molecule is Cc1ncsc1-c1ccc(CNC(=O)C2C[C@@H](O)CN2C(=O)[C@@H](NC(=O)C2(F)CC2)C(C)(C)C)c(OCC(=O)NCCCCCCCCNCCCONC(=O)c2ccc(F)c(F)c2Nc2ccc(I)cc2F)c1. The number of unbranched alkanes of at least 4 members (excludes halogenated alkanes) is 5. The minimum absolute atomic E-state index is 0.0186. The summed E-state index contributed by atoms with van der Waals surface area (Å²) in [5.74, 6) is -5.95. The van der Waals surface area contributed by atoms with Gasteiger partial charge in [0.15, 0.2) is 23.9 Å². The zero-order chi connectivity index (χ0) is 53.6. The summed E-state index contributed by atoms with van der Waals surface area (Å²) in [6.45, 7) is 8.72. The molecule has 1 saturated carbocycles. The monoisotopic (exact) mass is 1160 g/mol. The number of anilines is 2. The molecule has 74 heavy (non-hydrogen) atoms. The van der Waals surface area contributed by atoms with Crippen molar-refractivity contribution in [1.82, 2.24) is 36.6 Å². The van der Waals surface area contributed by atoms with Gasteiger partial charge in [0.05, 0.1) is 45.7 Å². The number of hydroxylamine groups is 1. The molecule has 1 aliphatic heterocycles. The molecule has 4 aromatic rings. The van der Waals surface area contributed by atoms with E-state index < -0.39 is 76.0 Å². The van der Waals surface area contributed by atoms with Crippen LogP contribution in [0.2, 0.25) is 0 Å². The van der Waals surface area contributed by atoms with Gasteiger partial charge in [0.2, 0.25) is 11.8 Å². The number of alkyl halides is 1. The summed E-state index contributed by atoms with van der Waals surface area (Å²) in [6.07, 6.45) is 5.41. The fourth-order valence-corrected chi connectivity index (χ4v) is 9.49. The summed E-state index contributed by atoms with van der Waals surface area (Å²) in [5, 5.41) is 24.8. The van der Waals surface area contributed by atoms with E-state index in [1.165, 1.54) is 28.4 Å². The van der Waals surface area contributed by atoms with E-state index in [1.54, 1.807) is 44.5 Å². The Balaban J connectivity index is 0.860. The highest BCUT2D eigenvalue weighted by atomic mass is 127. The van der Waals surface area contributed by atoms with E-state index in [0.717, 1.165) is 73.3 Å². The second-order valence-corrected chi connectivity index (χ2v) is 21.7. The van der Waals surface area contributed by atoms with Crippen molar-refractivity contribution in [3.63, 3.8) is 0 Å². The number of carbonyl (C=O) groups is 5. The molecular formula is C52H65F4IN8O8S. The number of thiazole rings is 1. The van der Waals surface area contributed by atoms with E-state index in [0.29, 0.717) is 34.4 Å². The average molecular weight is 1170 g/mol. The minimum Gasteiger partial charge on any atom is -0.483 e. The Labute approximate surface area is 446 Å². The van der Waals surface area contributed by atoms with Crippen molar-refractivity contribution in [2.75, 3.05) is 44.7 Å². The van der Waals surface area contributed by atoms with Crippen LogP contribution in [-0.4, -0.2) is 108 Å². The first-order valence-corrected chi connectivity index (χ1v) is 26.7. The number of ether oxygens (including phenoxy) is 1. The highest BCUT2D eigenvalue weighted by molar-refractivity contribution is 14.1. The van der Waals surface area contributed by atoms with E-state index >= 15 is 0 Å². The molecule has 22 heteroatoms. The van der Waals surface area contributed by atoms with E-state index in [-0.39, 0.29) is 62.7 Å². The maximum Gasteiger partial charge on any atom is 0.277 e. The number of aliphatic hydroxyl groups is 1. The first kappa shape index (κ1) is 57.8. The second kappa shape index (κ2) is 26.9. The number of rotatable bonds is 27. The molecule has 1 aromatic heterocycles. The Morgan fingerprint density at radius 1 is 0.919 bits per heavy atom. The number of hydrogen-bond donors (Lipinski definition) is 7. The van der Waals surface area contributed by atoms with Crippen LogP contribution in [0.1, 0.15) is 107 Å². The molecule has 2 heterocycles. The van der Waals surface area contributed by atoms with Gasteiger partial charge in [-0.05, 0) is 122 Å². The van der Waals surface area contributed by atoms with Crippen molar-refractivity contribution in [2.24, 2.45) is 5.41 Å². The number of amides is 5. The standard InChI is InChI=1S/C52H65F4IN8O8S/c1-31-45(74-30-61-31)32-12-13-33(27-60-48(69)40-26-35(66)28-65(40)49(70)46(51(2,3)4)63-50(71)52(56)18-19-52)41(24-32)72-29-42(67)59-22-10-8-6-5-7-9-20-58-21-11-23-73-64-47(68)36-15-16-37(53)43(55)44(36)62-39-17-14-34(57)25-38(39)54/h12-17,24-25,30,35,40,46,58,62,66H,5-11,18-23,26-29H2,1-4H3,(H,59,67)(H,60,69)(H,63,71)(H,64,68)/t35-,40?,46-/m1/s1. The highest BCUT2D eigenvalue weighted by Gasteiger charge is 2.53. The zero-order valence-corrected chi connectivity index (χ0v) is 44.9. The number of aromatic nitrogens is 1. The van der Waals surface area contributed by atoms with Gasteiger partial charge >= 0.3 is 0 Å². The number of nitrogens with one attached hydrogen (secondary N) is 6. The Morgan fingerprint density at radius 3 is 2.32 bits per heavy atom. The maximum atomic E-state index is 14.7. The Bertz CT molecular complexity index is 2620. The van der Waals surface area contributed by atoms with Crippen molar-refractivity contribution in [3.05, 3.63) is 91.9 Å². The van der Waals surface area contributed by atoms with Crippen molar-refractivity contribution in [3.8, 4) is 16.2 Å². The van der Waals surface area contributed by atoms with Crippen LogP contribution in [0.3, 0.4) is 0 Å². The molecule has 3 aromatic carbocycles. The number of aryl methyl sites for hydroxylation is 1. The average Bonchev–Trinajstić information content (AvgIpc) is 3.76. The van der Waals surface area contributed by atoms with Crippen molar-refractivity contribution < 1.29 is 56.2 Å². The molecule has 7 N–H and O–H groups in total. The summed E-state index contributed by atoms with van der Waals surface area (Å²) in [4.78, 5) is 77.8. The molecule has 0 radical (unpaired) electrons. The lowest BCUT2D eigenvalue weighted by Crippen LogP contribution is -2.59. The third-order valence-corrected chi connectivity index (χ3v) is 14.3. The summed E-state index contributed by atoms with van der Waals surface area (Å²) >= 11 is 3.37. The molecule has 3 atom stereocenters. The fraction of sp³-hybridized carbons (Fsp3) is 0.500. The Hall–Kier alpha value is -5.43. The Morgan fingerprint density at radius 2 is 1.64 bits per heavy atom. The van der Waals surface area contributed by atoms with Crippen LogP contribution >= 0.6 is 33.9 Å². The molecule has 402 valence electrons. The van der Waals surface area contributed by atoms with Gasteiger partial charge in [0.1, 0.15) is 23.7 Å². The van der Waals surface area contributed by atoms with Gasteiger partial charge < -0.3 is 41.3 Å². The van der Waals surface area contributed by atoms with E-state index in [4.69, 9.17) is 9.57 Å². The molecule has 0 spiro atoms. The number of benzene rings is 3. The number of aliphatic hydroxyl groups excluding tert-OH is 1. The van der Waals surface area contributed by atoms with Gasteiger partial charge in [0, 0.05) is 35.2 Å². The van der Waals surface area contributed by atoms with Crippen LogP contribution in [-0.2, 0) is 30.6 Å². The first-order valence-electron chi connectivity index (χ1n) is 24.8. The zero-order valence-electron chi connectivity index (χ0n) is 41.9. The molecule has 1 aliphatic carbocycles. The molecular weight excluding hydrogens is 1100 g/mol. The minimum atomic E-state index is -2.00. The maximum absolute atomic E-state index is 14.7. The van der Waals surface area contributed by atoms with Crippen LogP contribution < -0.4 is 36.8 Å². The molecule has 6 rings (SSSR count). The van der Waals surface area contributed by atoms with Crippen molar-refractivity contribution >= 4 is 74.8 Å². The highest BCUT2D eigenvalue weighted by Crippen LogP contribution is 2.41. The smallest absolute Gasteiger partial charge is 0.277 e. The van der Waals surface area contributed by atoms with Gasteiger partial charge in [-0.1, -0.05) is 58.6 Å². The van der Waals surface area contributed by atoms with E-state index in [2.05, 4.69) is 37.0 Å². The Kier molecular flexibility index (Phi) is 21.0. The largest absolute Gasteiger partial charge is 0.483 e. The van der Waals surface area contributed by atoms with Gasteiger partial charge in [-0.15, -0.1) is 11.3 Å². The number of carbonyl (C=O) groups excluding carboxylic acids is 5. The van der Waals surface area contributed by atoms with Gasteiger partial charge in [0.25, 0.3) is 17.7 Å². The van der Waals surface area contributed by atoms with Crippen LogP contribution in [0.15, 0.2) is 54.0 Å². The quantitative estimate of drug-likeness (QED) is 0.0133. The summed E-state index contributed by atoms with van der Waals surface area (Å²) < 4.78 is 64.4. The molecule has 16 nitrogen and oxygen atoms in total. The van der Waals surface area contributed by atoms with E-state index in [9.17, 15) is 46.6 Å². The predicted octanol–water partition coefficient (Wildman–Crippen LogP) is 7.67. The predicted molar refractivity (Wildman–Crippen MR) is 281 cm³/mol. The van der Waals surface area contributed by atoms with Gasteiger partial charge in [-0.3, -0.25) is 28.8 Å². The van der Waals surface area contributed by atoms with Gasteiger partial charge in [-0.2, -0.15) is 0 Å². The summed E-state index contributed by atoms with van der Waals surface area (Å²) in [6, 6.07) is 9.32. The number of hydrogen-bond acceptors (Lipinski definition) is 12. The lowest BCUT2D eigenvalue weighted by atomic mass is 9.85. The van der Waals surface area contributed by atoms with Crippen LogP contribution in [0.4, 0.5) is 28.9 Å². The van der Waals surface area contributed by atoms with Crippen LogP contribution in [0.25, 0.3) is 10.4 Å². The molecule has 5 amide bonds. The number of β-amino-alcohol motifs (C(OH)–C–C–N with tert-alkyl or cyclic N) is 1. The summed E-state index contributed by atoms with van der Waals surface area (Å²) in [7, 11) is 0. The van der Waals surface area contributed by atoms with Gasteiger partial charge in [-0.25, -0.2) is 28.0 Å². The third kappa shape index (κ3) is 16.3. The lowest BCUT2D eigenvalue weighted by Gasteiger charge is -2.35. The lowest BCUT2D eigenvalue weighted by molar-refractivity contribution is -0.145. The van der Waals surface area contributed by atoms with Crippen molar-refractivity contribution in [1.29, 1.82) is 0 Å². The van der Waals surface area contributed by atoms with E-state index in [1.807, 2.05) is 35.6 Å². The number of nitrogens with zero attached hydrogens (tertiary/aromatic N) is 2. The molecule has 2 aliphatic rings. The normalized spacial score (nSPS) is 16.3. The van der Waals surface area contributed by atoms with Crippen LogP contribution in [0.5, 0.6) is 5.75 Å². The second-order valence-electron chi connectivity index (χ2n) is 19.6. The molecule has 1 unspecified atom stereocenters.